The van der Waals surface area contributed by atoms with Crippen molar-refractivity contribution in [2.45, 2.75) is 18.2 Å². The summed E-state index contributed by atoms with van der Waals surface area (Å²) in [4.78, 5) is 14.1. The molecule has 1 aliphatic rings. The van der Waals surface area contributed by atoms with Crippen LogP contribution in [-0.4, -0.2) is 40.8 Å². The van der Waals surface area contributed by atoms with Crippen LogP contribution in [0.2, 0.25) is 0 Å². The van der Waals surface area contributed by atoms with Crippen LogP contribution in [0.5, 0.6) is 0 Å². The van der Waals surface area contributed by atoms with E-state index in [-0.39, 0.29) is 6.54 Å². The molecular formula is C8H7BrF3NO2. The maximum absolute atomic E-state index is 12.3. The van der Waals surface area contributed by atoms with E-state index in [9.17, 15) is 23.1 Å². The van der Waals surface area contributed by atoms with E-state index in [0.717, 1.165) is 4.90 Å². The van der Waals surface area contributed by atoms with Gasteiger partial charge < -0.3 is 10.0 Å². The Labute approximate surface area is 92.4 Å². The van der Waals surface area contributed by atoms with Crippen LogP contribution in [0.15, 0.2) is 0 Å². The number of carbonyl (C=O) groups is 1. The Balaban J connectivity index is 2.74. The summed E-state index contributed by atoms with van der Waals surface area (Å²) in [6.07, 6.45) is -5.23. The van der Waals surface area contributed by atoms with Crippen LogP contribution in [0, 0.1) is 10.8 Å². The van der Waals surface area contributed by atoms with Crippen LogP contribution in [0.1, 0.15) is 6.42 Å². The van der Waals surface area contributed by atoms with Crippen LogP contribution in [0.4, 0.5) is 13.2 Å². The van der Waals surface area contributed by atoms with E-state index in [2.05, 4.69) is 26.7 Å². The molecule has 1 N–H and O–H groups in total. The summed E-state index contributed by atoms with van der Waals surface area (Å²) in [7, 11) is 0. The Morgan fingerprint density at radius 2 is 2.13 bits per heavy atom. The van der Waals surface area contributed by atoms with Gasteiger partial charge in [0.2, 0.25) is 0 Å². The minimum absolute atomic E-state index is 0.142. The Morgan fingerprint density at radius 3 is 2.53 bits per heavy atom. The average molecular weight is 286 g/mol. The molecule has 1 heterocycles. The number of hydrogen-bond donors (Lipinski definition) is 1. The first-order chi connectivity index (χ1) is 6.80. The topological polar surface area (TPSA) is 40.5 Å². The molecule has 3 nitrogen and oxygen atoms in total. The number of aliphatic hydroxyl groups is 1. The van der Waals surface area contributed by atoms with Gasteiger partial charge in [0.25, 0.3) is 5.91 Å². The molecule has 1 amide bonds. The smallest absolute Gasteiger partial charge is 0.379 e. The number of amides is 1. The molecule has 0 bridgehead atoms. The summed E-state index contributed by atoms with van der Waals surface area (Å²) in [5, 5.41) is 9.24. The van der Waals surface area contributed by atoms with E-state index in [4.69, 9.17) is 0 Å². The Hall–Kier alpha value is -0.740. The first-order valence-electron chi connectivity index (χ1n) is 4.00. The molecule has 0 radical (unpaired) electrons. The van der Waals surface area contributed by atoms with Gasteiger partial charge in [-0.15, -0.1) is 0 Å². The van der Waals surface area contributed by atoms with E-state index < -0.39 is 30.7 Å². The second kappa shape index (κ2) is 4.02. The molecule has 0 spiro atoms. The summed E-state index contributed by atoms with van der Waals surface area (Å²) >= 11 is 2.67. The Bertz CT molecular complexity index is 333. The molecule has 15 heavy (non-hydrogen) atoms. The fourth-order valence-corrected chi connectivity index (χ4v) is 1.49. The summed E-state index contributed by atoms with van der Waals surface area (Å²) in [6.45, 7) is -0.895. The van der Waals surface area contributed by atoms with Crippen molar-refractivity contribution in [3.63, 3.8) is 0 Å². The summed E-state index contributed by atoms with van der Waals surface area (Å²) in [5.74, 6) is 1.32. The molecule has 0 aromatic rings. The number of alkyl halides is 3. The number of hydrogen-bond acceptors (Lipinski definition) is 2. The highest BCUT2D eigenvalue weighted by Crippen LogP contribution is 2.37. The summed E-state index contributed by atoms with van der Waals surface area (Å²) in [5.41, 5.74) is -2.79. The zero-order valence-electron chi connectivity index (χ0n) is 7.44. The van der Waals surface area contributed by atoms with Gasteiger partial charge in [-0.1, -0.05) is 0 Å². The maximum atomic E-state index is 12.3. The molecule has 0 aromatic carbocycles. The molecule has 1 unspecified atom stereocenters. The van der Waals surface area contributed by atoms with Gasteiger partial charge >= 0.3 is 6.18 Å². The standard InChI is InChI=1S/C8H7BrF3NO2/c9-3-1-6(14)13-4-2-7(15,5-13)8(10,11)12/h15H,2,4-5H2. The van der Waals surface area contributed by atoms with E-state index in [0.29, 0.717) is 0 Å². The number of halogens is 4. The van der Waals surface area contributed by atoms with Crippen LogP contribution in [0.3, 0.4) is 0 Å². The minimum Gasteiger partial charge on any atom is -0.379 e. The van der Waals surface area contributed by atoms with Crippen molar-refractivity contribution in [1.82, 2.24) is 4.90 Å². The molecule has 1 atom stereocenters. The second-order valence-corrected chi connectivity index (χ2v) is 3.62. The van der Waals surface area contributed by atoms with Crippen LogP contribution in [0.25, 0.3) is 0 Å². The lowest BCUT2D eigenvalue weighted by Gasteiger charge is -2.25. The number of nitrogens with zero attached hydrogens (tertiary/aromatic N) is 1. The van der Waals surface area contributed by atoms with Crippen molar-refractivity contribution in [3.8, 4) is 10.8 Å². The Morgan fingerprint density at radius 1 is 1.53 bits per heavy atom. The maximum Gasteiger partial charge on any atom is 0.419 e. The van der Waals surface area contributed by atoms with Gasteiger partial charge in [-0.3, -0.25) is 4.79 Å². The van der Waals surface area contributed by atoms with Crippen LogP contribution < -0.4 is 0 Å². The molecular weight excluding hydrogens is 279 g/mol. The van der Waals surface area contributed by atoms with Crippen LogP contribution in [-0.2, 0) is 4.79 Å². The molecule has 0 aromatic heterocycles. The number of β-amino-alcohol motifs (C(OH)–C–C–N with tert-alkyl or cyclic N) is 1. The lowest BCUT2D eigenvalue weighted by atomic mass is 10.0. The SMILES string of the molecule is O=C(C#CBr)N1CCC(O)(C(F)(F)F)C1. The molecule has 1 aliphatic heterocycles. The molecule has 0 aliphatic carbocycles. The van der Waals surface area contributed by atoms with Crippen LogP contribution >= 0.6 is 15.9 Å². The third-order valence-electron chi connectivity index (χ3n) is 2.22. The van der Waals surface area contributed by atoms with Gasteiger partial charge in [-0.2, -0.15) is 13.2 Å². The van der Waals surface area contributed by atoms with Gasteiger partial charge in [0.15, 0.2) is 5.60 Å². The zero-order chi connectivity index (χ0) is 11.7. The second-order valence-electron chi connectivity index (χ2n) is 3.23. The van der Waals surface area contributed by atoms with Gasteiger partial charge in [-0.25, -0.2) is 0 Å². The van der Waals surface area contributed by atoms with Crippen molar-refractivity contribution in [1.29, 1.82) is 0 Å². The third-order valence-corrected chi connectivity index (χ3v) is 2.42. The minimum atomic E-state index is -4.72. The third kappa shape index (κ3) is 2.44. The molecule has 1 rings (SSSR count). The number of likely N-dealkylation sites (tertiary alicyclic amines) is 1. The lowest BCUT2D eigenvalue weighted by Crippen LogP contribution is -2.47. The van der Waals surface area contributed by atoms with E-state index >= 15 is 0 Å². The van der Waals surface area contributed by atoms with Crippen molar-refractivity contribution < 1.29 is 23.1 Å². The lowest BCUT2D eigenvalue weighted by molar-refractivity contribution is -0.253. The predicted molar refractivity (Wildman–Crippen MR) is 48.9 cm³/mol. The fourth-order valence-electron chi connectivity index (χ4n) is 1.32. The largest absolute Gasteiger partial charge is 0.419 e. The van der Waals surface area contributed by atoms with E-state index in [1.54, 1.807) is 0 Å². The highest BCUT2D eigenvalue weighted by atomic mass is 79.9. The molecule has 7 heteroatoms. The molecule has 0 saturated carbocycles. The quantitative estimate of drug-likeness (QED) is 0.671. The van der Waals surface area contributed by atoms with Crippen molar-refractivity contribution in [2.24, 2.45) is 0 Å². The van der Waals surface area contributed by atoms with Gasteiger partial charge in [0.05, 0.1) is 6.54 Å². The van der Waals surface area contributed by atoms with Crippen molar-refractivity contribution in [3.05, 3.63) is 0 Å². The fraction of sp³-hybridized carbons (Fsp3) is 0.625. The van der Waals surface area contributed by atoms with Gasteiger partial charge in [-0.05, 0) is 4.83 Å². The molecule has 1 saturated heterocycles. The molecule has 84 valence electrons. The predicted octanol–water partition coefficient (Wildman–Crippen LogP) is 0.868. The average Bonchev–Trinajstić information content (AvgIpc) is 2.48. The highest BCUT2D eigenvalue weighted by molar-refractivity contribution is 9.12. The summed E-state index contributed by atoms with van der Waals surface area (Å²) < 4.78 is 37.0. The first-order valence-corrected chi connectivity index (χ1v) is 4.79. The van der Waals surface area contributed by atoms with E-state index in [1.165, 1.54) is 0 Å². The first kappa shape index (κ1) is 12.3. The van der Waals surface area contributed by atoms with Gasteiger partial charge in [0, 0.05) is 34.8 Å². The normalized spacial score (nSPS) is 26.1. The number of rotatable bonds is 0. The Kier molecular flexibility index (Phi) is 3.31. The summed E-state index contributed by atoms with van der Waals surface area (Å²) in [6, 6.07) is 0. The molecule has 1 fully saturated rings. The monoisotopic (exact) mass is 285 g/mol. The van der Waals surface area contributed by atoms with Gasteiger partial charge in [0.1, 0.15) is 0 Å². The van der Waals surface area contributed by atoms with Crippen molar-refractivity contribution in [2.75, 3.05) is 13.1 Å². The van der Waals surface area contributed by atoms with E-state index in [1.807, 2.05) is 0 Å². The zero-order valence-corrected chi connectivity index (χ0v) is 9.02. The van der Waals surface area contributed by atoms with Crippen molar-refractivity contribution >= 4 is 21.8 Å². The number of carbonyl (C=O) groups excluding carboxylic acids is 1. The highest BCUT2D eigenvalue weighted by Gasteiger charge is 2.57.